The predicted octanol–water partition coefficient (Wildman–Crippen LogP) is 8.18. The monoisotopic (exact) mass is 540 g/mol. The van der Waals surface area contributed by atoms with Gasteiger partial charge in [-0.25, -0.2) is 0 Å². The van der Waals surface area contributed by atoms with E-state index in [2.05, 4.69) is 151 Å². The molecule has 3 aliphatic rings. The third kappa shape index (κ3) is 5.16. The zero-order valence-electron chi connectivity index (χ0n) is 26.3. The first-order valence-corrected chi connectivity index (χ1v) is 17.7. The van der Waals surface area contributed by atoms with Gasteiger partial charge in [0.25, 0.3) is 0 Å². The molecule has 5 rings (SSSR count). The highest BCUT2D eigenvalue weighted by Crippen LogP contribution is 2.54. The summed E-state index contributed by atoms with van der Waals surface area (Å²) >= 11 is 0. The molecule has 0 saturated heterocycles. The Kier molecular flexibility index (Phi) is 7.22. The fourth-order valence-electron chi connectivity index (χ4n) is 8.81. The van der Waals surface area contributed by atoms with E-state index in [9.17, 15) is 0 Å². The Morgan fingerprint density at radius 2 is 1.23 bits per heavy atom. The minimum atomic E-state index is -2.23. The number of hydrogen-bond donors (Lipinski definition) is 0. The van der Waals surface area contributed by atoms with Gasteiger partial charge in [-0.1, -0.05) is 100 Å². The molecule has 3 heteroatoms. The Morgan fingerprint density at radius 3 is 1.72 bits per heavy atom. The first-order chi connectivity index (χ1) is 18.1. The number of nitrogens with zero attached hydrogens (tertiary/aromatic N) is 2. The number of rotatable bonds is 4. The second-order valence-corrected chi connectivity index (χ2v) is 19.7. The summed E-state index contributed by atoms with van der Waals surface area (Å²) in [6.07, 6.45) is 11.1. The molecule has 5 atom stereocenters. The van der Waals surface area contributed by atoms with E-state index in [-0.39, 0.29) is 16.5 Å². The van der Waals surface area contributed by atoms with Gasteiger partial charge in [0.05, 0.1) is 0 Å². The first-order valence-electron chi connectivity index (χ1n) is 15.2. The summed E-state index contributed by atoms with van der Waals surface area (Å²) in [6.45, 7) is 26.6. The summed E-state index contributed by atoms with van der Waals surface area (Å²) in [5.41, 5.74) is 5.40. The Hall–Kier alpha value is -1.94. The fourth-order valence-corrected chi connectivity index (χ4v) is 15.2. The number of fused-ring (bicyclic) bond motifs is 2. The second kappa shape index (κ2) is 9.85. The van der Waals surface area contributed by atoms with Crippen LogP contribution in [0.3, 0.4) is 0 Å². The van der Waals surface area contributed by atoms with Crippen LogP contribution in [0.4, 0.5) is 0 Å². The lowest BCUT2D eigenvalue weighted by molar-refractivity contribution is 0.124. The topological polar surface area (TPSA) is 6.48 Å². The van der Waals surface area contributed by atoms with Crippen LogP contribution in [0.15, 0.2) is 72.8 Å². The zero-order chi connectivity index (χ0) is 28.4. The van der Waals surface area contributed by atoms with Crippen molar-refractivity contribution in [3.05, 3.63) is 89.5 Å². The molecule has 0 spiro atoms. The van der Waals surface area contributed by atoms with Gasteiger partial charge in [0, 0.05) is 30.2 Å². The molecule has 0 bridgehead atoms. The van der Waals surface area contributed by atoms with Gasteiger partial charge >= 0.3 is 0 Å². The van der Waals surface area contributed by atoms with Crippen molar-refractivity contribution in [3.63, 3.8) is 0 Å². The quantitative estimate of drug-likeness (QED) is 0.361. The first kappa shape index (κ1) is 28.6. The van der Waals surface area contributed by atoms with Gasteiger partial charge in [-0.15, -0.1) is 0 Å². The molecule has 0 aromatic heterocycles. The molecule has 5 unspecified atom stereocenters. The van der Waals surface area contributed by atoms with Crippen molar-refractivity contribution >= 4 is 13.4 Å². The van der Waals surface area contributed by atoms with E-state index < -0.39 is 8.24 Å². The third-order valence-electron chi connectivity index (χ3n) is 9.82. The molecule has 2 aromatic rings. The molecule has 0 N–H and O–H groups in total. The SMILES string of the molecule is CC(C)(C)c1ccc([Si](C)(C2CC(N3Cc4ccccc4C3)C3C=CC=CC32)N(C(C)(C)C)C(C)(C)C)cc1. The molecular formula is C36H52N2Si. The Balaban J connectivity index is 1.62. The fraction of sp³-hybridized carbons (Fsp3) is 0.556. The standard InChI is InChI=1S/C36H52N2Si/c1-34(2,3)28-19-21-29(22-20-28)39(10,38(35(4,5)6)36(7,8)9)33-23-32(30-17-13-14-18-31(30)33)37-24-26-15-11-12-16-27(26)25-37/h11-22,30-33H,23-25H2,1-10H3. The van der Waals surface area contributed by atoms with Crippen LogP contribution in [0, 0.1) is 11.8 Å². The van der Waals surface area contributed by atoms with Crippen LogP contribution in [-0.2, 0) is 18.5 Å². The maximum Gasteiger partial charge on any atom is 0.161 e. The summed E-state index contributed by atoms with van der Waals surface area (Å²) in [6, 6.07) is 19.6. The van der Waals surface area contributed by atoms with Gasteiger partial charge in [-0.3, -0.25) is 4.90 Å². The number of hydrogen-bond acceptors (Lipinski definition) is 2. The van der Waals surface area contributed by atoms with Crippen LogP contribution in [0.5, 0.6) is 0 Å². The molecule has 1 saturated carbocycles. The third-order valence-corrected chi connectivity index (χ3v) is 15.7. The molecule has 210 valence electrons. The van der Waals surface area contributed by atoms with E-state index in [4.69, 9.17) is 0 Å². The van der Waals surface area contributed by atoms with Gasteiger partial charge in [0.1, 0.15) is 0 Å². The second-order valence-electron chi connectivity index (χ2n) is 15.7. The van der Waals surface area contributed by atoms with E-state index in [1.807, 2.05) is 0 Å². The molecule has 1 aliphatic heterocycles. The summed E-state index contributed by atoms with van der Waals surface area (Å²) in [7, 11) is -2.23. The normalized spacial score (nSPS) is 27.1. The van der Waals surface area contributed by atoms with Crippen LogP contribution in [0.2, 0.25) is 12.1 Å². The van der Waals surface area contributed by atoms with E-state index in [1.54, 1.807) is 5.19 Å². The van der Waals surface area contributed by atoms with Crippen molar-refractivity contribution in [1.82, 2.24) is 9.47 Å². The van der Waals surface area contributed by atoms with Crippen LogP contribution >= 0.6 is 0 Å². The predicted molar refractivity (Wildman–Crippen MR) is 171 cm³/mol. The molecule has 0 amide bonds. The van der Waals surface area contributed by atoms with E-state index in [0.29, 0.717) is 23.4 Å². The molecule has 2 aromatic carbocycles. The van der Waals surface area contributed by atoms with Crippen molar-refractivity contribution in [2.45, 2.75) is 116 Å². The van der Waals surface area contributed by atoms with Crippen molar-refractivity contribution in [1.29, 1.82) is 0 Å². The van der Waals surface area contributed by atoms with Crippen LogP contribution in [-0.4, -0.2) is 34.8 Å². The lowest BCUT2D eigenvalue weighted by Gasteiger charge is -2.58. The van der Waals surface area contributed by atoms with Crippen LogP contribution in [0.25, 0.3) is 0 Å². The smallest absolute Gasteiger partial charge is 0.161 e. The maximum atomic E-state index is 2.99. The van der Waals surface area contributed by atoms with Gasteiger partial charge in [-0.2, -0.15) is 0 Å². The maximum absolute atomic E-state index is 2.99. The zero-order valence-corrected chi connectivity index (χ0v) is 27.3. The molecule has 2 aliphatic carbocycles. The van der Waals surface area contributed by atoms with E-state index >= 15 is 0 Å². The van der Waals surface area contributed by atoms with Gasteiger partial charge in [0.15, 0.2) is 8.24 Å². The summed E-state index contributed by atoms with van der Waals surface area (Å²) in [4.78, 5) is 2.81. The average Bonchev–Trinajstić information content (AvgIpc) is 3.43. The summed E-state index contributed by atoms with van der Waals surface area (Å²) in [5.74, 6) is 1.16. The van der Waals surface area contributed by atoms with Gasteiger partial charge in [0.2, 0.25) is 0 Å². The van der Waals surface area contributed by atoms with Crippen LogP contribution < -0.4 is 5.19 Å². The van der Waals surface area contributed by atoms with Crippen LogP contribution in [0.1, 0.15) is 85.4 Å². The molecule has 39 heavy (non-hydrogen) atoms. The highest BCUT2D eigenvalue weighted by Gasteiger charge is 2.59. The number of benzene rings is 2. The van der Waals surface area contributed by atoms with Crippen molar-refractivity contribution in [2.75, 3.05) is 0 Å². The molecular weight excluding hydrogens is 488 g/mol. The highest BCUT2D eigenvalue weighted by atomic mass is 28.3. The molecule has 0 radical (unpaired) electrons. The minimum Gasteiger partial charge on any atom is -0.310 e. The Morgan fingerprint density at radius 1 is 0.718 bits per heavy atom. The summed E-state index contributed by atoms with van der Waals surface area (Å²) < 4.78 is 2.99. The summed E-state index contributed by atoms with van der Waals surface area (Å²) in [5, 5.41) is 1.59. The molecule has 1 heterocycles. The average molecular weight is 541 g/mol. The number of allylic oxidation sites excluding steroid dienone is 3. The van der Waals surface area contributed by atoms with Crippen molar-refractivity contribution in [2.24, 2.45) is 11.8 Å². The minimum absolute atomic E-state index is 0.0631. The van der Waals surface area contributed by atoms with Gasteiger partial charge < -0.3 is 4.57 Å². The van der Waals surface area contributed by atoms with Crippen molar-refractivity contribution < 1.29 is 0 Å². The molecule has 1 fully saturated rings. The van der Waals surface area contributed by atoms with E-state index in [1.165, 1.54) is 23.1 Å². The Labute approximate surface area is 240 Å². The van der Waals surface area contributed by atoms with Gasteiger partial charge in [-0.05, 0) is 92.6 Å². The largest absolute Gasteiger partial charge is 0.310 e. The highest BCUT2D eigenvalue weighted by molar-refractivity contribution is 6.90. The lowest BCUT2D eigenvalue weighted by atomic mass is 9.87. The Bertz CT molecular complexity index is 1200. The van der Waals surface area contributed by atoms with E-state index in [0.717, 1.165) is 13.1 Å². The lowest BCUT2D eigenvalue weighted by Crippen LogP contribution is -2.73. The van der Waals surface area contributed by atoms with Crippen molar-refractivity contribution in [3.8, 4) is 0 Å². The molecule has 2 nitrogen and oxygen atoms in total.